The summed E-state index contributed by atoms with van der Waals surface area (Å²) in [5.41, 5.74) is 1.82. The topological polar surface area (TPSA) is 0 Å². The molecule has 2 bridgehead atoms. The van der Waals surface area contributed by atoms with E-state index in [-0.39, 0.29) is 0 Å². The molecule has 14 heavy (non-hydrogen) atoms. The second kappa shape index (κ2) is 5.00. The Morgan fingerprint density at radius 1 is 1.21 bits per heavy atom. The van der Waals surface area contributed by atoms with Crippen LogP contribution in [0.3, 0.4) is 0 Å². The monoisotopic (exact) mass is 192 g/mol. The van der Waals surface area contributed by atoms with Crippen LogP contribution in [0.5, 0.6) is 0 Å². The maximum absolute atomic E-state index is 2.53. The SMILES string of the molecule is CCCCCCCC1C2=CCC1CC2. The smallest absolute Gasteiger partial charge is 0.0172 e. The van der Waals surface area contributed by atoms with Crippen molar-refractivity contribution < 1.29 is 0 Å². The Morgan fingerprint density at radius 2 is 2.07 bits per heavy atom. The van der Waals surface area contributed by atoms with Crippen molar-refractivity contribution in [2.24, 2.45) is 11.8 Å². The lowest BCUT2D eigenvalue weighted by molar-refractivity contribution is 0.406. The molecule has 2 atom stereocenters. The lowest BCUT2D eigenvalue weighted by atomic mass is 9.92. The van der Waals surface area contributed by atoms with Gasteiger partial charge in [-0.15, -0.1) is 0 Å². The van der Waals surface area contributed by atoms with Crippen LogP contribution in [0.4, 0.5) is 0 Å². The van der Waals surface area contributed by atoms with E-state index in [0.29, 0.717) is 0 Å². The fourth-order valence-electron chi connectivity index (χ4n) is 3.27. The minimum Gasteiger partial charge on any atom is -0.0847 e. The number of unbranched alkanes of at least 4 members (excludes halogenated alkanes) is 4. The quantitative estimate of drug-likeness (QED) is 0.422. The van der Waals surface area contributed by atoms with E-state index in [2.05, 4.69) is 13.0 Å². The normalized spacial score (nSPS) is 29.6. The molecule has 0 aliphatic heterocycles. The van der Waals surface area contributed by atoms with E-state index in [1.807, 2.05) is 5.57 Å². The summed E-state index contributed by atoms with van der Waals surface area (Å²) in [4.78, 5) is 0. The fraction of sp³-hybridized carbons (Fsp3) is 0.857. The van der Waals surface area contributed by atoms with Crippen LogP contribution in [-0.4, -0.2) is 0 Å². The predicted molar refractivity (Wildman–Crippen MR) is 62.3 cm³/mol. The molecular weight excluding hydrogens is 168 g/mol. The van der Waals surface area contributed by atoms with Crippen molar-refractivity contribution in [3.63, 3.8) is 0 Å². The first-order chi connectivity index (χ1) is 6.92. The maximum Gasteiger partial charge on any atom is -0.0172 e. The second-order valence-electron chi connectivity index (χ2n) is 5.12. The number of fused-ring (bicyclic) bond motifs is 2. The molecule has 0 radical (unpaired) electrons. The summed E-state index contributed by atoms with van der Waals surface area (Å²) >= 11 is 0. The van der Waals surface area contributed by atoms with Crippen molar-refractivity contribution in [2.45, 2.75) is 64.7 Å². The lowest BCUT2D eigenvalue weighted by Gasteiger charge is -2.13. The standard InChI is InChI=1S/C14H24/c1-2-3-4-5-6-7-14-12-8-9-13(14)11-10-12/h8,13-14H,2-7,9-11H2,1H3. The Hall–Kier alpha value is -0.260. The summed E-state index contributed by atoms with van der Waals surface area (Å²) in [6, 6.07) is 0. The summed E-state index contributed by atoms with van der Waals surface area (Å²) in [5.74, 6) is 2.09. The average Bonchev–Trinajstić information content (AvgIpc) is 2.77. The van der Waals surface area contributed by atoms with E-state index in [4.69, 9.17) is 0 Å². The van der Waals surface area contributed by atoms with Gasteiger partial charge in [0.2, 0.25) is 0 Å². The third kappa shape index (κ3) is 2.21. The Balaban J connectivity index is 1.60. The highest BCUT2D eigenvalue weighted by Crippen LogP contribution is 2.47. The highest BCUT2D eigenvalue weighted by molar-refractivity contribution is 5.20. The molecule has 1 saturated carbocycles. The van der Waals surface area contributed by atoms with E-state index in [1.165, 1.54) is 57.8 Å². The van der Waals surface area contributed by atoms with Crippen LogP contribution in [0.2, 0.25) is 0 Å². The Morgan fingerprint density at radius 3 is 2.64 bits per heavy atom. The third-order valence-electron chi connectivity index (χ3n) is 4.15. The molecule has 1 fully saturated rings. The Labute approximate surface area is 88.8 Å². The van der Waals surface area contributed by atoms with Gasteiger partial charge in [-0.25, -0.2) is 0 Å². The molecule has 0 nitrogen and oxygen atoms in total. The van der Waals surface area contributed by atoms with Crippen molar-refractivity contribution in [3.05, 3.63) is 11.6 Å². The minimum absolute atomic E-state index is 1.02. The molecule has 0 N–H and O–H groups in total. The molecule has 0 aromatic rings. The third-order valence-corrected chi connectivity index (χ3v) is 4.15. The fourth-order valence-corrected chi connectivity index (χ4v) is 3.27. The van der Waals surface area contributed by atoms with Crippen LogP contribution in [0.1, 0.15) is 64.7 Å². The van der Waals surface area contributed by atoms with Gasteiger partial charge in [-0.3, -0.25) is 0 Å². The molecule has 0 saturated heterocycles. The summed E-state index contributed by atoms with van der Waals surface area (Å²) in [6.45, 7) is 2.29. The lowest BCUT2D eigenvalue weighted by Crippen LogP contribution is -2.03. The van der Waals surface area contributed by atoms with Gasteiger partial charge >= 0.3 is 0 Å². The number of rotatable bonds is 6. The van der Waals surface area contributed by atoms with Crippen LogP contribution in [0.15, 0.2) is 11.6 Å². The molecule has 0 spiro atoms. The highest BCUT2D eigenvalue weighted by atomic mass is 14.4. The van der Waals surface area contributed by atoms with Crippen molar-refractivity contribution in [2.75, 3.05) is 0 Å². The molecule has 0 heterocycles. The van der Waals surface area contributed by atoms with Gasteiger partial charge in [-0.1, -0.05) is 50.7 Å². The number of hydrogen-bond donors (Lipinski definition) is 0. The summed E-state index contributed by atoms with van der Waals surface area (Å²) in [6.07, 6.45) is 15.6. The van der Waals surface area contributed by atoms with Crippen LogP contribution >= 0.6 is 0 Å². The van der Waals surface area contributed by atoms with Crippen molar-refractivity contribution in [1.82, 2.24) is 0 Å². The molecule has 0 heteroatoms. The first kappa shape index (κ1) is 10.3. The molecule has 0 aromatic carbocycles. The molecule has 2 aliphatic carbocycles. The second-order valence-corrected chi connectivity index (χ2v) is 5.12. The molecule has 2 unspecified atom stereocenters. The van der Waals surface area contributed by atoms with Gasteiger partial charge in [0.1, 0.15) is 0 Å². The summed E-state index contributed by atoms with van der Waals surface area (Å²) in [7, 11) is 0. The van der Waals surface area contributed by atoms with Gasteiger partial charge in [0.15, 0.2) is 0 Å². The van der Waals surface area contributed by atoms with Gasteiger partial charge in [0.05, 0.1) is 0 Å². The zero-order chi connectivity index (χ0) is 9.80. The van der Waals surface area contributed by atoms with Crippen LogP contribution in [0.25, 0.3) is 0 Å². The predicted octanol–water partition coefficient (Wildman–Crippen LogP) is 4.70. The molecule has 2 rings (SSSR count). The molecule has 0 aromatic heterocycles. The van der Waals surface area contributed by atoms with Gasteiger partial charge in [0.25, 0.3) is 0 Å². The number of hydrogen-bond acceptors (Lipinski definition) is 0. The first-order valence-corrected chi connectivity index (χ1v) is 6.60. The molecule has 0 amide bonds. The Kier molecular flexibility index (Phi) is 3.67. The van der Waals surface area contributed by atoms with Crippen molar-refractivity contribution in [1.29, 1.82) is 0 Å². The Bertz CT molecular complexity index is 202. The molecule has 2 aliphatic rings. The average molecular weight is 192 g/mol. The maximum atomic E-state index is 2.53. The number of allylic oxidation sites excluding steroid dienone is 2. The van der Waals surface area contributed by atoms with Gasteiger partial charge in [-0.05, 0) is 37.5 Å². The van der Waals surface area contributed by atoms with E-state index >= 15 is 0 Å². The highest BCUT2D eigenvalue weighted by Gasteiger charge is 2.34. The zero-order valence-corrected chi connectivity index (χ0v) is 9.60. The van der Waals surface area contributed by atoms with E-state index in [1.54, 1.807) is 0 Å². The summed E-state index contributed by atoms with van der Waals surface area (Å²) in [5, 5.41) is 0. The van der Waals surface area contributed by atoms with Crippen molar-refractivity contribution >= 4 is 0 Å². The van der Waals surface area contributed by atoms with E-state index in [9.17, 15) is 0 Å². The van der Waals surface area contributed by atoms with Gasteiger partial charge in [-0.2, -0.15) is 0 Å². The van der Waals surface area contributed by atoms with E-state index < -0.39 is 0 Å². The minimum atomic E-state index is 1.02. The van der Waals surface area contributed by atoms with Gasteiger partial charge in [0, 0.05) is 0 Å². The largest absolute Gasteiger partial charge is 0.0847 e. The van der Waals surface area contributed by atoms with Crippen LogP contribution < -0.4 is 0 Å². The summed E-state index contributed by atoms with van der Waals surface area (Å²) < 4.78 is 0. The van der Waals surface area contributed by atoms with Crippen LogP contribution in [-0.2, 0) is 0 Å². The van der Waals surface area contributed by atoms with Crippen LogP contribution in [0, 0.1) is 11.8 Å². The van der Waals surface area contributed by atoms with E-state index in [0.717, 1.165) is 11.8 Å². The zero-order valence-electron chi connectivity index (χ0n) is 9.60. The molecule has 80 valence electrons. The van der Waals surface area contributed by atoms with Gasteiger partial charge < -0.3 is 0 Å². The molecular formula is C14H24. The van der Waals surface area contributed by atoms with Crippen molar-refractivity contribution in [3.8, 4) is 0 Å². The first-order valence-electron chi connectivity index (χ1n) is 6.60.